The smallest absolute Gasteiger partial charge is 0.391 e. The topological polar surface area (TPSA) is 49.7 Å². The summed E-state index contributed by atoms with van der Waals surface area (Å²) in [6.07, 6.45) is 0. The lowest BCUT2D eigenvalue weighted by Gasteiger charge is -2.04. The quantitative estimate of drug-likeness (QED) is 0.644. The monoisotopic (exact) mass is 284 g/mol. The number of halogens is 1. The molecule has 0 unspecified atom stereocenters. The van der Waals surface area contributed by atoms with Crippen LogP contribution < -0.4 is 4.52 Å². The first kappa shape index (κ1) is 9.19. The molecule has 11 heavy (non-hydrogen) atoms. The van der Waals surface area contributed by atoms with Crippen LogP contribution in [0, 0.1) is 3.57 Å². The van der Waals surface area contributed by atoms with E-state index < -0.39 is 8.60 Å². The van der Waals surface area contributed by atoms with Crippen molar-refractivity contribution in [3.8, 4) is 5.75 Å². The van der Waals surface area contributed by atoms with Crippen LogP contribution in [0.4, 0.5) is 0 Å². The van der Waals surface area contributed by atoms with Crippen LogP contribution in [-0.2, 0) is 0 Å². The lowest BCUT2D eigenvalue weighted by molar-refractivity contribution is 0.375. The maximum absolute atomic E-state index is 8.49. The van der Waals surface area contributed by atoms with Crippen molar-refractivity contribution in [2.45, 2.75) is 0 Å². The summed E-state index contributed by atoms with van der Waals surface area (Å²) in [5.41, 5.74) is 0. The van der Waals surface area contributed by atoms with E-state index in [0.717, 1.165) is 3.57 Å². The van der Waals surface area contributed by atoms with Crippen LogP contribution in [0.2, 0.25) is 0 Å². The first-order chi connectivity index (χ1) is 5.18. The molecule has 0 spiro atoms. The molecule has 1 aromatic rings. The Balaban J connectivity index is 2.71. The molecule has 0 saturated heterocycles. The number of benzene rings is 1. The summed E-state index contributed by atoms with van der Waals surface area (Å²) in [6, 6.07) is 7.08. The first-order valence-electron chi connectivity index (χ1n) is 2.80. The van der Waals surface area contributed by atoms with Gasteiger partial charge >= 0.3 is 8.60 Å². The normalized spacial score (nSPS) is 10.2. The van der Waals surface area contributed by atoms with Gasteiger partial charge in [-0.3, -0.25) is 0 Å². The minimum Gasteiger partial charge on any atom is -0.427 e. The Hall–Kier alpha value is 0.100. The molecule has 0 aliphatic carbocycles. The average molecular weight is 284 g/mol. The van der Waals surface area contributed by atoms with E-state index in [-0.39, 0.29) is 0 Å². The fraction of sp³-hybridized carbons (Fsp3) is 0. The van der Waals surface area contributed by atoms with Crippen molar-refractivity contribution in [3.63, 3.8) is 0 Å². The van der Waals surface area contributed by atoms with E-state index in [1.54, 1.807) is 18.2 Å². The van der Waals surface area contributed by atoms with Crippen molar-refractivity contribution in [1.82, 2.24) is 0 Å². The Morgan fingerprint density at radius 1 is 1.36 bits per heavy atom. The molecule has 0 fully saturated rings. The second-order valence-electron chi connectivity index (χ2n) is 1.80. The van der Waals surface area contributed by atoms with Gasteiger partial charge in [-0.15, -0.1) is 0 Å². The van der Waals surface area contributed by atoms with Gasteiger partial charge in [0, 0.05) is 3.57 Å². The Kier molecular flexibility index (Phi) is 3.51. The van der Waals surface area contributed by atoms with E-state index in [2.05, 4.69) is 27.1 Å². The van der Waals surface area contributed by atoms with Crippen LogP contribution in [-0.4, -0.2) is 9.79 Å². The minimum absolute atomic E-state index is 0.480. The van der Waals surface area contributed by atoms with E-state index >= 15 is 0 Å². The number of hydrogen-bond donors (Lipinski definition) is 2. The highest BCUT2D eigenvalue weighted by molar-refractivity contribution is 14.1. The predicted molar refractivity (Wildman–Crippen MR) is 51.1 cm³/mol. The van der Waals surface area contributed by atoms with Crippen molar-refractivity contribution >= 4 is 31.2 Å². The molecule has 5 heteroatoms. The van der Waals surface area contributed by atoms with Crippen molar-refractivity contribution in [2.75, 3.05) is 0 Å². The molecule has 0 bridgehead atoms. The van der Waals surface area contributed by atoms with Crippen LogP contribution in [0.25, 0.3) is 0 Å². The summed E-state index contributed by atoms with van der Waals surface area (Å²) < 4.78 is 5.66. The zero-order valence-electron chi connectivity index (χ0n) is 5.44. The van der Waals surface area contributed by atoms with E-state index in [9.17, 15) is 0 Å². The molecule has 0 aromatic heterocycles. The fourth-order valence-corrected chi connectivity index (χ4v) is 1.43. The lowest BCUT2D eigenvalue weighted by Crippen LogP contribution is -1.84. The lowest BCUT2D eigenvalue weighted by atomic mass is 10.3. The molecule has 0 aliphatic rings. The SMILES string of the molecule is OP(O)Oc1cccc(I)c1. The Morgan fingerprint density at radius 3 is 2.64 bits per heavy atom. The van der Waals surface area contributed by atoms with Gasteiger partial charge in [0.25, 0.3) is 0 Å². The van der Waals surface area contributed by atoms with Crippen LogP contribution in [0.15, 0.2) is 24.3 Å². The third-order valence-electron chi connectivity index (χ3n) is 0.983. The molecule has 0 heterocycles. The fourth-order valence-electron chi connectivity index (χ4n) is 0.618. The van der Waals surface area contributed by atoms with Gasteiger partial charge in [0.1, 0.15) is 5.75 Å². The number of rotatable bonds is 2. The van der Waals surface area contributed by atoms with Gasteiger partial charge in [0.15, 0.2) is 0 Å². The van der Waals surface area contributed by atoms with Crippen LogP contribution in [0.5, 0.6) is 5.75 Å². The van der Waals surface area contributed by atoms with Gasteiger partial charge in [-0.2, -0.15) is 0 Å². The zero-order valence-corrected chi connectivity index (χ0v) is 8.49. The van der Waals surface area contributed by atoms with Crippen molar-refractivity contribution in [2.24, 2.45) is 0 Å². The molecule has 2 N–H and O–H groups in total. The van der Waals surface area contributed by atoms with Crippen molar-refractivity contribution < 1.29 is 14.3 Å². The van der Waals surface area contributed by atoms with Crippen LogP contribution >= 0.6 is 31.2 Å². The molecule has 1 aromatic carbocycles. The van der Waals surface area contributed by atoms with Gasteiger partial charge in [-0.05, 0) is 40.8 Å². The molecule has 0 saturated carbocycles. The van der Waals surface area contributed by atoms with Gasteiger partial charge < -0.3 is 14.3 Å². The predicted octanol–water partition coefficient (Wildman–Crippen LogP) is 1.88. The molecular formula is C6H6IO3P. The van der Waals surface area contributed by atoms with E-state index in [1.807, 2.05) is 6.07 Å². The van der Waals surface area contributed by atoms with Crippen LogP contribution in [0.3, 0.4) is 0 Å². The largest absolute Gasteiger partial charge is 0.427 e. The van der Waals surface area contributed by atoms with Gasteiger partial charge in [0.2, 0.25) is 0 Å². The average Bonchev–Trinajstić information content (AvgIpc) is 1.85. The highest BCUT2D eigenvalue weighted by Crippen LogP contribution is 2.29. The Labute approximate surface area is 79.2 Å². The molecule has 0 aliphatic heterocycles. The summed E-state index contributed by atoms with van der Waals surface area (Å²) in [7, 11) is -2.29. The molecule has 0 atom stereocenters. The summed E-state index contributed by atoms with van der Waals surface area (Å²) in [6.45, 7) is 0. The summed E-state index contributed by atoms with van der Waals surface area (Å²) in [4.78, 5) is 17.0. The maximum atomic E-state index is 8.49. The van der Waals surface area contributed by atoms with E-state index in [0.29, 0.717) is 5.75 Å². The van der Waals surface area contributed by atoms with Crippen molar-refractivity contribution in [3.05, 3.63) is 27.8 Å². The molecule has 0 radical (unpaired) electrons. The van der Waals surface area contributed by atoms with Crippen LogP contribution in [0.1, 0.15) is 0 Å². The zero-order chi connectivity index (χ0) is 8.27. The molecule has 0 amide bonds. The third kappa shape index (κ3) is 3.33. The van der Waals surface area contributed by atoms with Crippen molar-refractivity contribution in [1.29, 1.82) is 0 Å². The Bertz CT molecular complexity index is 241. The number of hydrogen-bond acceptors (Lipinski definition) is 3. The summed E-state index contributed by atoms with van der Waals surface area (Å²) in [5.74, 6) is 0.480. The second-order valence-corrected chi connectivity index (χ2v) is 3.74. The van der Waals surface area contributed by atoms with Gasteiger partial charge in [-0.25, -0.2) is 0 Å². The third-order valence-corrected chi connectivity index (χ3v) is 2.03. The molecule has 1 rings (SSSR count). The first-order valence-corrected chi connectivity index (χ1v) is 5.04. The van der Waals surface area contributed by atoms with E-state index in [4.69, 9.17) is 9.79 Å². The maximum Gasteiger partial charge on any atom is 0.391 e. The molecule has 60 valence electrons. The molecule has 3 nitrogen and oxygen atoms in total. The van der Waals surface area contributed by atoms with Gasteiger partial charge in [-0.1, -0.05) is 6.07 Å². The summed E-state index contributed by atoms with van der Waals surface area (Å²) in [5, 5.41) is 0. The second kappa shape index (κ2) is 4.21. The Morgan fingerprint density at radius 2 is 2.09 bits per heavy atom. The van der Waals surface area contributed by atoms with Gasteiger partial charge in [0.05, 0.1) is 0 Å². The minimum atomic E-state index is -2.29. The van der Waals surface area contributed by atoms with E-state index in [1.165, 1.54) is 0 Å². The standard InChI is InChI=1S/C6H6IO3P/c7-5-2-1-3-6(4-5)10-11(8)9/h1-4,8-9H. The summed E-state index contributed by atoms with van der Waals surface area (Å²) >= 11 is 2.12. The highest BCUT2D eigenvalue weighted by Gasteiger charge is 2.01. The highest BCUT2D eigenvalue weighted by atomic mass is 127. The molecular weight excluding hydrogens is 278 g/mol.